The Balaban J connectivity index is 2.55. The summed E-state index contributed by atoms with van der Waals surface area (Å²) in [6.07, 6.45) is 2.43. The molecule has 0 unspecified atom stereocenters. The van der Waals surface area contributed by atoms with Gasteiger partial charge < -0.3 is 4.74 Å². The molecular weight excluding hydrogens is 235 g/mol. The van der Waals surface area contributed by atoms with Crippen LogP contribution in [0, 0.1) is 5.82 Å². The van der Waals surface area contributed by atoms with Crippen LogP contribution >= 0.6 is 11.6 Å². The molecule has 0 N–H and O–H groups in total. The minimum atomic E-state index is -0.566. The molecule has 0 saturated heterocycles. The fourth-order valence-corrected chi connectivity index (χ4v) is 1.61. The Bertz CT molecular complexity index is 553. The van der Waals surface area contributed by atoms with Crippen molar-refractivity contribution >= 4 is 23.1 Å². The molecule has 2 aromatic rings. The standard InChI is InChI=1S/C10H8ClFN2O2/c1-2-16-10(15)7-4-13-14-5-6(12)3-8(14)9(7)11/h3-5H,2H2,1H3. The van der Waals surface area contributed by atoms with E-state index < -0.39 is 11.8 Å². The average Bonchev–Trinajstić information content (AvgIpc) is 2.60. The normalized spacial score (nSPS) is 10.7. The zero-order chi connectivity index (χ0) is 11.7. The summed E-state index contributed by atoms with van der Waals surface area (Å²) < 4.78 is 19.0. The Hall–Kier alpha value is -1.62. The Morgan fingerprint density at radius 1 is 1.69 bits per heavy atom. The molecule has 0 bridgehead atoms. The lowest BCUT2D eigenvalue weighted by molar-refractivity contribution is 0.0526. The molecule has 2 rings (SSSR count). The van der Waals surface area contributed by atoms with Crippen molar-refractivity contribution in [3.63, 3.8) is 0 Å². The van der Waals surface area contributed by atoms with Crippen molar-refractivity contribution < 1.29 is 13.9 Å². The van der Waals surface area contributed by atoms with Gasteiger partial charge in [0.1, 0.15) is 11.4 Å². The lowest BCUT2D eigenvalue weighted by Gasteiger charge is -2.04. The van der Waals surface area contributed by atoms with Gasteiger partial charge in [-0.3, -0.25) is 0 Å². The number of carbonyl (C=O) groups excluding carboxylic acids is 1. The Morgan fingerprint density at radius 2 is 2.44 bits per heavy atom. The minimum Gasteiger partial charge on any atom is -0.462 e. The first kappa shape index (κ1) is 10.9. The van der Waals surface area contributed by atoms with Gasteiger partial charge in [-0.15, -0.1) is 0 Å². The summed E-state index contributed by atoms with van der Waals surface area (Å²) in [5.41, 5.74) is 0.471. The molecule has 16 heavy (non-hydrogen) atoms. The van der Waals surface area contributed by atoms with Crippen molar-refractivity contribution in [2.45, 2.75) is 6.92 Å². The molecule has 2 heterocycles. The summed E-state index contributed by atoms with van der Waals surface area (Å²) in [6.45, 7) is 1.93. The summed E-state index contributed by atoms with van der Waals surface area (Å²) in [7, 11) is 0. The zero-order valence-corrected chi connectivity index (χ0v) is 9.16. The number of hydrogen-bond acceptors (Lipinski definition) is 3. The number of aromatic nitrogens is 2. The van der Waals surface area contributed by atoms with E-state index in [2.05, 4.69) is 5.10 Å². The number of fused-ring (bicyclic) bond motifs is 1. The molecule has 4 nitrogen and oxygen atoms in total. The summed E-state index contributed by atoms with van der Waals surface area (Å²) in [4.78, 5) is 11.5. The van der Waals surface area contributed by atoms with Gasteiger partial charge in [-0.25, -0.2) is 13.7 Å². The predicted molar refractivity (Wildman–Crippen MR) is 56.1 cm³/mol. The number of rotatable bonds is 2. The molecule has 0 spiro atoms. The van der Waals surface area contributed by atoms with Crippen molar-refractivity contribution in [3.8, 4) is 0 Å². The number of hydrogen-bond donors (Lipinski definition) is 0. The second-order valence-electron chi connectivity index (χ2n) is 3.08. The molecule has 0 atom stereocenters. The third-order valence-corrected chi connectivity index (χ3v) is 2.43. The summed E-state index contributed by atoms with van der Waals surface area (Å²) in [5.74, 6) is -1.03. The van der Waals surface area contributed by atoms with E-state index >= 15 is 0 Å². The van der Waals surface area contributed by atoms with Gasteiger partial charge in [0, 0.05) is 6.07 Å². The largest absolute Gasteiger partial charge is 0.462 e. The quantitative estimate of drug-likeness (QED) is 0.759. The molecule has 0 saturated carbocycles. The molecule has 0 aliphatic heterocycles. The number of ether oxygens (including phenoxy) is 1. The van der Waals surface area contributed by atoms with Gasteiger partial charge in [-0.2, -0.15) is 5.10 Å². The smallest absolute Gasteiger partial charge is 0.341 e. The predicted octanol–water partition coefficient (Wildman–Crippen LogP) is 2.30. The van der Waals surface area contributed by atoms with Crippen molar-refractivity contribution in [2.24, 2.45) is 0 Å². The van der Waals surface area contributed by atoms with Gasteiger partial charge >= 0.3 is 5.97 Å². The number of halogens is 2. The molecule has 0 aliphatic rings. The number of carbonyl (C=O) groups is 1. The van der Waals surface area contributed by atoms with Gasteiger partial charge in [0.15, 0.2) is 0 Å². The lowest BCUT2D eigenvalue weighted by atomic mass is 10.3. The van der Waals surface area contributed by atoms with E-state index in [0.717, 1.165) is 0 Å². The van der Waals surface area contributed by atoms with Crippen LogP contribution < -0.4 is 0 Å². The second-order valence-corrected chi connectivity index (χ2v) is 3.46. The first-order valence-corrected chi connectivity index (χ1v) is 5.00. The van der Waals surface area contributed by atoms with Crippen LogP contribution in [0.5, 0.6) is 0 Å². The van der Waals surface area contributed by atoms with Crippen LogP contribution in [0.15, 0.2) is 18.5 Å². The third-order valence-electron chi connectivity index (χ3n) is 2.03. The van der Waals surface area contributed by atoms with Crippen LogP contribution in [0.25, 0.3) is 5.52 Å². The highest BCUT2D eigenvalue weighted by Crippen LogP contribution is 2.23. The second kappa shape index (κ2) is 4.09. The van der Waals surface area contributed by atoms with Crippen LogP contribution in [0.3, 0.4) is 0 Å². The van der Waals surface area contributed by atoms with Gasteiger partial charge in [0.2, 0.25) is 0 Å². The van der Waals surface area contributed by atoms with Gasteiger partial charge in [-0.1, -0.05) is 11.6 Å². The topological polar surface area (TPSA) is 43.6 Å². The van der Waals surface area contributed by atoms with Crippen LogP contribution in [-0.4, -0.2) is 22.2 Å². The lowest BCUT2D eigenvalue weighted by Crippen LogP contribution is -2.07. The molecular formula is C10H8ClFN2O2. The summed E-state index contributed by atoms with van der Waals surface area (Å²) >= 11 is 5.96. The third kappa shape index (κ3) is 1.74. The van der Waals surface area contributed by atoms with Crippen molar-refractivity contribution in [1.82, 2.24) is 9.61 Å². The zero-order valence-electron chi connectivity index (χ0n) is 8.41. The fraction of sp³-hybridized carbons (Fsp3) is 0.200. The maximum absolute atomic E-state index is 12.9. The highest BCUT2D eigenvalue weighted by Gasteiger charge is 2.16. The van der Waals surface area contributed by atoms with Crippen LogP contribution in [-0.2, 0) is 4.74 Å². The summed E-state index contributed by atoms with van der Waals surface area (Å²) in [5, 5.41) is 3.99. The molecule has 6 heteroatoms. The first-order valence-electron chi connectivity index (χ1n) is 4.63. The SMILES string of the molecule is CCOC(=O)c1cnn2cc(F)cc2c1Cl. The molecule has 0 radical (unpaired) electrons. The van der Waals surface area contributed by atoms with E-state index in [-0.39, 0.29) is 17.2 Å². The Labute approximate surface area is 95.6 Å². The molecule has 0 aliphatic carbocycles. The first-order chi connectivity index (χ1) is 7.63. The van der Waals surface area contributed by atoms with Crippen molar-refractivity contribution in [2.75, 3.05) is 6.61 Å². The fourth-order valence-electron chi connectivity index (χ4n) is 1.35. The highest BCUT2D eigenvalue weighted by molar-refractivity contribution is 6.36. The van der Waals surface area contributed by atoms with Crippen molar-refractivity contribution in [1.29, 1.82) is 0 Å². The summed E-state index contributed by atoms with van der Waals surface area (Å²) in [6, 6.07) is 1.21. The minimum absolute atomic E-state index is 0.133. The van der Waals surface area contributed by atoms with E-state index in [0.29, 0.717) is 5.52 Å². The van der Waals surface area contributed by atoms with Crippen LogP contribution in [0.2, 0.25) is 5.02 Å². The molecule has 2 aromatic heterocycles. The Morgan fingerprint density at radius 3 is 3.12 bits per heavy atom. The maximum Gasteiger partial charge on any atom is 0.341 e. The molecule has 84 valence electrons. The number of esters is 1. The van der Waals surface area contributed by atoms with E-state index in [1.807, 2.05) is 0 Å². The van der Waals surface area contributed by atoms with Crippen LogP contribution in [0.1, 0.15) is 17.3 Å². The molecule has 0 fully saturated rings. The number of nitrogens with zero attached hydrogens (tertiary/aromatic N) is 2. The maximum atomic E-state index is 12.9. The van der Waals surface area contributed by atoms with E-state index in [1.54, 1.807) is 6.92 Å². The van der Waals surface area contributed by atoms with E-state index in [4.69, 9.17) is 16.3 Å². The van der Waals surface area contributed by atoms with Gasteiger partial charge in [0.25, 0.3) is 0 Å². The molecule has 0 amide bonds. The van der Waals surface area contributed by atoms with Gasteiger partial charge in [0.05, 0.1) is 29.5 Å². The van der Waals surface area contributed by atoms with E-state index in [1.165, 1.54) is 23.0 Å². The average molecular weight is 243 g/mol. The van der Waals surface area contributed by atoms with Gasteiger partial charge in [-0.05, 0) is 6.92 Å². The monoisotopic (exact) mass is 242 g/mol. The van der Waals surface area contributed by atoms with Crippen LogP contribution in [0.4, 0.5) is 4.39 Å². The molecule has 0 aromatic carbocycles. The highest BCUT2D eigenvalue weighted by atomic mass is 35.5. The van der Waals surface area contributed by atoms with Crippen molar-refractivity contribution in [3.05, 3.63) is 34.9 Å². The Kier molecular flexibility index (Phi) is 2.78. The van der Waals surface area contributed by atoms with E-state index in [9.17, 15) is 9.18 Å².